The zero-order valence-corrected chi connectivity index (χ0v) is 13.9. The number of carbonyl (C=O) groups is 2. The Morgan fingerprint density at radius 3 is 2.68 bits per heavy atom. The summed E-state index contributed by atoms with van der Waals surface area (Å²) in [6.07, 6.45) is 0.288. The van der Waals surface area contributed by atoms with Crippen molar-refractivity contribution in [2.75, 3.05) is 5.32 Å². The number of anilines is 1. The predicted molar refractivity (Wildman–Crippen MR) is 93.7 cm³/mol. The fourth-order valence-electron chi connectivity index (χ4n) is 2.32. The van der Waals surface area contributed by atoms with E-state index in [1.807, 2.05) is 37.3 Å². The monoisotopic (exact) mass is 356 g/mol. The summed E-state index contributed by atoms with van der Waals surface area (Å²) in [6.45, 7) is 1.83. The summed E-state index contributed by atoms with van der Waals surface area (Å²) in [6, 6.07) is 11.6. The van der Waals surface area contributed by atoms with Gasteiger partial charge < -0.3 is 5.11 Å². The molecule has 0 radical (unpaired) electrons. The Labute approximate surface area is 146 Å². The number of thiazole rings is 1. The van der Waals surface area contributed by atoms with Crippen molar-refractivity contribution in [1.29, 1.82) is 0 Å². The fourth-order valence-corrected chi connectivity index (χ4v) is 3.28. The molecule has 0 aliphatic heterocycles. The van der Waals surface area contributed by atoms with E-state index < -0.39 is 17.5 Å². The number of hydrogen-bond acceptors (Lipinski definition) is 5. The average Bonchev–Trinajstić information content (AvgIpc) is 2.98. The Kier molecular flexibility index (Phi) is 4.58. The standard InChI is InChI=1S/C18H13FN2O3S/c1-10-16(11-5-3-2-4-6-11)25-18(20-10)21-17(24)12-7-13(9-22)15(23)14(19)8-12/h2-9,23H,1H3,(H,20,21,24). The maximum atomic E-state index is 13.6. The van der Waals surface area contributed by atoms with E-state index in [1.54, 1.807) is 0 Å². The van der Waals surface area contributed by atoms with Crippen LogP contribution in [0.5, 0.6) is 5.75 Å². The highest BCUT2D eigenvalue weighted by molar-refractivity contribution is 7.19. The maximum absolute atomic E-state index is 13.6. The molecule has 126 valence electrons. The lowest BCUT2D eigenvalue weighted by Crippen LogP contribution is -2.12. The van der Waals surface area contributed by atoms with Gasteiger partial charge in [-0.25, -0.2) is 9.37 Å². The molecule has 0 bridgehead atoms. The van der Waals surface area contributed by atoms with Gasteiger partial charge in [0.2, 0.25) is 0 Å². The Bertz CT molecular complexity index is 954. The molecule has 0 unspecified atom stereocenters. The zero-order chi connectivity index (χ0) is 18.0. The molecule has 0 aliphatic rings. The predicted octanol–water partition coefficient (Wildman–Crippen LogP) is 4.03. The summed E-state index contributed by atoms with van der Waals surface area (Å²) < 4.78 is 13.6. The number of carbonyl (C=O) groups excluding carboxylic acids is 2. The third-order valence-electron chi connectivity index (χ3n) is 3.54. The van der Waals surface area contributed by atoms with Crippen LogP contribution < -0.4 is 5.32 Å². The number of halogens is 1. The highest BCUT2D eigenvalue weighted by Crippen LogP contribution is 2.32. The molecule has 0 spiro atoms. The number of nitrogens with one attached hydrogen (secondary N) is 1. The summed E-state index contributed by atoms with van der Waals surface area (Å²) in [5.74, 6) is -2.42. The Morgan fingerprint density at radius 2 is 2.00 bits per heavy atom. The average molecular weight is 356 g/mol. The summed E-state index contributed by atoms with van der Waals surface area (Å²) in [5, 5.41) is 12.4. The molecule has 25 heavy (non-hydrogen) atoms. The first-order valence-electron chi connectivity index (χ1n) is 7.31. The summed E-state index contributed by atoms with van der Waals surface area (Å²) in [7, 11) is 0. The molecule has 1 aromatic heterocycles. The first-order chi connectivity index (χ1) is 12.0. The van der Waals surface area contributed by atoms with E-state index >= 15 is 0 Å². The number of amides is 1. The molecule has 1 amide bonds. The van der Waals surface area contributed by atoms with Crippen LogP contribution in [0.15, 0.2) is 42.5 Å². The lowest BCUT2D eigenvalue weighted by molar-refractivity contribution is 0.102. The quantitative estimate of drug-likeness (QED) is 0.692. The van der Waals surface area contributed by atoms with E-state index in [2.05, 4.69) is 10.3 Å². The van der Waals surface area contributed by atoms with Crippen LogP contribution in [0.2, 0.25) is 0 Å². The van der Waals surface area contributed by atoms with E-state index in [9.17, 15) is 19.1 Å². The first kappa shape index (κ1) is 16.8. The fraction of sp³-hybridized carbons (Fsp3) is 0.0556. The van der Waals surface area contributed by atoms with Crippen LogP contribution >= 0.6 is 11.3 Å². The molecule has 7 heteroatoms. The van der Waals surface area contributed by atoms with Gasteiger partial charge in [-0.1, -0.05) is 41.7 Å². The van der Waals surface area contributed by atoms with Gasteiger partial charge in [-0.3, -0.25) is 14.9 Å². The summed E-state index contributed by atoms with van der Waals surface area (Å²) in [4.78, 5) is 28.4. The number of aryl methyl sites for hydroxylation is 1. The molecule has 2 N–H and O–H groups in total. The van der Waals surface area contributed by atoms with Crippen molar-refractivity contribution in [3.05, 3.63) is 65.1 Å². The molecule has 2 aromatic carbocycles. The van der Waals surface area contributed by atoms with Crippen molar-refractivity contribution in [3.63, 3.8) is 0 Å². The van der Waals surface area contributed by atoms with Gasteiger partial charge in [0.25, 0.3) is 5.91 Å². The largest absolute Gasteiger partial charge is 0.504 e. The van der Waals surface area contributed by atoms with Crippen LogP contribution in [0.1, 0.15) is 26.4 Å². The van der Waals surface area contributed by atoms with Crippen molar-refractivity contribution in [2.45, 2.75) is 6.92 Å². The highest BCUT2D eigenvalue weighted by Gasteiger charge is 2.16. The van der Waals surface area contributed by atoms with Gasteiger partial charge in [0.1, 0.15) is 0 Å². The van der Waals surface area contributed by atoms with Crippen LogP contribution in [0.25, 0.3) is 10.4 Å². The lowest BCUT2D eigenvalue weighted by Gasteiger charge is -2.05. The minimum absolute atomic E-state index is 0.0773. The molecular formula is C18H13FN2O3S. The summed E-state index contributed by atoms with van der Waals surface area (Å²) >= 11 is 1.30. The Balaban J connectivity index is 1.87. The minimum Gasteiger partial charge on any atom is -0.504 e. The number of benzene rings is 2. The number of phenolic OH excluding ortho intramolecular Hbond substituents is 1. The molecule has 5 nitrogen and oxygen atoms in total. The van der Waals surface area contributed by atoms with Crippen molar-refractivity contribution in [3.8, 4) is 16.2 Å². The molecule has 3 rings (SSSR count). The van der Waals surface area contributed by atoms with Gasteiger partial charge in [-0.2, -0.15) is 0 Å². The number of rotatable bonds is 4. The molecular weight excluding hydrogens is 343 g/mol. The van der Waals surface area contributed by atoms with Gasteiger partial charge in [0.05, 0.1) is 16.1 Å². The molecule has 1 heterocycles. The van der Waals surface area contributed by atoms with E-state index in [0.29, 0.717) is 5.13 Å². The first-order valence-corrected chi connectivity index (χ1v) is 8.13. The highest BCUT2D eigenvalue weighted by atomic mass is 32.1. The molecule has 0 fully saturated rings. The zero-order valence-electron chi connectivity index (χ0n) is 13.1. The summed E-state index contributed by atoms with van der Waals surface area (Å²) in [5.41, 5.74) is 1.38. The topological polar surface area (TPSA) is 79.3 Å². The molecule has 3 aromatic rings. The smallest absolute Gasteiger partial charge is 0.257 e. The van der Waals surface area contributed by atoms with Crippen molar-refractivity contribution in [1.82, 2.24) is 4.98 Å². The van der Waals surface area contributed by atoms with E-state index in [-0.39, 0.29) is 17.4 Å². The molecule has 0 saturated carbocycles. The lowest BCUT2D eigenvalue weighted by atomic mass is 10.1. The van der Waals surface area contributed by atoms with Crippen molar-refractivity contribution < 1.29 is 19.1 Å². The second-order valence-electron chi connectivity index (χ2n) is 5.27. The third kappa shape index (κ3) is 3.41. The number of aldehydes is 1. The maximum Gasteiger partial charge on any atom is 0.257 e. The van der Waals surface area contributed by atoms with Crippen molar-refractivity contribution in [2.24, 2.45) is 0 Å². The molecule has 0 aliphatic carbocycles. The second-order valence-corrected chi connectivity index (χ2v) is 6.27. The van der Waals surface area contributed by atoms with Gasteiger partial charge in [-0.15, -0.1) is 0 Å². The van der Waals surface area contributed by atoms with Crippen LogP contribution in [0.3, 0.4) is 0 Å². The molecule has 0 atom stereocenters. The Morgan fingerprint density at radius 1 is 1.28 bits per heavy atom. The van der Waals surface area contributed by atoms with E-state index in [4.69, 9.17) is 0 Å². The number of phenols is 1. The second kappa shape index (κ2) is 6.82. The minimum atomic E-state index is -1.03. The van der Waals surface area contributed by atoms with Crippen LogP contribution in [-0.2, 0) is 0 Å². The number of aromatic hydroxyl groups is 1. The van der Waals surface area contributed by atoms with Gasteiger partial charge >= 0.3 is 0 Å². The number of aromatic nitrogens is 1. The normalized spacial score (nSPS) is 10.5. The molecule has 0 saturated heterocycles. The Hall–Kier alpha value is -3.06. The van der Waals surface area contributed by atoms with Gasteiger partial charge in [-0.05, 0) is 24.6 Å². The number of nitrogens with zero attached hydrogens (tertiary/aromatic N) is 1. The van der Waals surface area contributed by atoms with Gasteiger partial charge in [0, 0.05) is 5.56 Å². The SMILES string of the molecule is Cc1nc(NC(=O)c2cc(F)c(O)c(C=O)c2)sc1-c1ccccc1. The van der Waals surface area contributed by atoms with Crippen LogP contribution in [0.4, 0.5) is 9.52 Å². The van der Waals surface area contributed by atoms with E-state index in [1.165, 1.54) is 11.3 Å². The van der Waals surface area contributed by atoms with Gasteiger partial charge in [0.15, 0.2) is 23.0 Å². The number of hydrogen-bond donors (Lipinski definition) is 2. The van der Waals surface area contributed by atoms with Crippen LogP contribution in [-0.4, -0.2) is 22.3 Å². The van der Waals surface area contributed by atoms with E-state index in [0.717, 1.165) is 28.3 Å². The van der Waals surface area contributed by atoms with Crippen molar-refractivity contribution >= 4 is 28.7 Å². The van der Waals surface area contributed by atoms with Crippen LogP contribution in [0, 0.1) is 12.7 Å². The third-order valence-corrected chi connectivity index (χ3v) is 4.66.